The fourth-order valence-electron chi connectivity index (χ4n) is 0.936. The summed E-state index contributed by atoms with van der Waals surface area (Å²) in [5, 5.41) is 5.31. The van der Waals surface area contributed by atoms with Crippen LogP contribution < -0.4 is 0 Å². The molecule has 1 N–H and O–H groups in total. The molecule has 7 heteroatoms. The van der Waals surface area contributed by atoms with Gasteiger partial charge in [-0.05, 0) is 6.07 Å². The Hall–Kier alpha value is -1.53. The van der Waals surface area contributed by atoms with Crippen LogP contribution in [0.4, 0.5) is 13.2 Å². The number of nitrogens with zero attached hydrogens (tertiary/aromatic N) is 1. The second kappa shape index (κ2) is 4.33. The number of ether oxygens (including phenoxy) is 1. The number of hydrogen-bond donors (Lipinski definition) is 1. The van der Waals surface area contributed by atoms with E-state index in [1.165, 1.54) is 6.92 Å². The highest BCUT2D eigenvalue weighted by atomic mass is 19.4. The molecule has 1 aromatic heterocycles. The first-order valence-electron chi connectivity index (χ1n) is 4.14. The van der Waals surface area contributed by atoms with E-state index in [2.05, 4.69) is 9.84 Å². The van der Waals surface area contributed by atoms with Crippen LogP contribution in [-0.2, 0) is 22.1 Å². The van der Waals surface area contributed by atoms with Crippen molar-refractivity contribution < 1.29 is 22.7 Å². The van der Waals surface area contributed by atoms with Crippen LogP contribution >= 0.6 is 0 Å². The van der Waals surface area contributed by atoms with Gasteiger partial charge in [-0.3, -0.25) is 9.89 Å². The second-order valence-corrected chi connectivity index (χ2v) is 2.86. The van der Waals surface area contributed by atoms with Crippen molar-refractivity contribution in [3.63, 3.8) is 0 Å². The zero-order valence-electron chi connectivity index (χ0n) is 7.89. The van der Waals surface area contributed by atoms with E-state index in [4.69, 9.17) is 0 Å². The van der Waals surface area contributed by atoms with Crippen LogP contribution in [0.3, 0.4) is 0 Å². The minimum atomic E-state index is -4.42. The SMILES string of the molecule is CC(=O)OCCc1cc(C(F)(F)F)[nH]n1. The minimum Gasteiger partial charge on any atom is -0.465 e. The second-order valence-electron chi connectivity index (χ2n) is 2.86. The van der Waals surface area contributed by atoms with Crippen molar-refractivity contribution in [2.45, 2.75) is 19.5 Å². The Bertz CT molecular complexity index is 346. The lowest BCUT2D eigenvalue weighted by molar-refractivity contribution is -0.142. The number of nitrogens with one attached hydrogen (secondary N) is 1. The molecule has 1 rings (SSSR count). The summed E-state index contributed by atoms with van der Waals surface area (Å²) in [7, 11) is 0. The fourth-order valence-corrected chi connectivity index (χ4v) is 0.936. The van der Waals surface area contributed by atoms with Gasteiger partial charge in [-0.1, -0.05) is 0 Å². The van der Waals surface area contributed by atoms with Gasteiger partial charge < -0.3 is 4.74 Å². The molecule has 0 aliphatic heterocycles. The topological polar surface area (TPSA) is 55.0 Å². The summed E-state index contributed by atoms with van der Waals surface area (Å²) in [4.78, 5) is 10.4. The molecule has 84 valence electrons. The Balaban J connectivity index is 2.50. The summed E-state index contributed by atoms with van der Waals surface area (Å²) in [6, 6.07) is 0.892. The van der Waals surface area contributed by atoms with E-state index in [-0.39, 0.29) is 18.7 Å². The van der Waals surface area contributed by atoms with E-state index in [1.54, 1.807) is 0 Å². The summed E-state index contributed by atoms with van der Waals surface area (Å²) < 4.78 is 40.9. The average molecular weight is 222 g/mol. The summed E-state index contributed by atoms with van der Waals surface area (Å²) >= 11 is 0. The van der Waals surface area contributed by atoms with E-state index < -0.39 is 17.8 Å². The molecule has 0 aliphatic carbocycles. The number of rotatable bonds is 3. The number of alkyl halides is 3. The molecule has 0 fully saturated rings. The molecule has 1 heterocycles. The Labute approximate surface area is 83.4 Å². The maximum Gasteiger partial charge on any atom is 0.432 e. The van der Waals surface area contributed by atoms with Gasteiger partial charge in [0.05, 0.1) is 12.3 Å². The van der Waals surface area contributed by atoms with Gasteiger partial charge in [-0.25, -0.2) is 0 Å². The highest BCUT2D eigenvalue weighted by molar-refractivity contribution is 5.65. The third kappa shape index (κ3) is 3.61. The third-order valence-corrected chi connectivity index (χ3v) is 1.60. The maximum atomic E-state index is 12.1. The number of carbonyl (C=O) groups excluding carboxylic acids is 1. The summed E-state index contributed by atoms with van der Waals surface area (Å²) in [6.45, 7) is 1.25. The maximum absolute atomic E-state index is 12.1. The first-order valence-corrected chi connectivity index (χ1v) is 4.14. The molecule has 0 spiro atoms. The van der Waals surface area contributed by atoms with E-state index in [0.29, 0.717) is 0 Å². The standard InChI is InChI=1S/C8H9F3N2O2/c1-5(14)15-3-2-6-4-7(13-12-6)8(9,10)11/h4H,2-3H2,1H3,(H,12,13). The van der Waals surface area contributed by atoms with E-state index in [0.717, 1.165) is 6.07 Å². The normalized spacial score (nSPS) is 11.5. The number of H-pyrrole nitrogens is 1. The number of esters is 1. The van der Waals surface area contributed by atoms with Crippen LogP contribution in [-0.4, -0.2) is 22.8 Å². The number of halogens is 3. The lowest BCUT2D eigenvalue weighted by atomic mass is 10.3. The lowest BCUT2D eigenvalue weighted by Gasteiger charge is -2.00. The first kappa shape index (κ1) is 11.5. The largest absolute Gasteiger partial charge is 0.465 e. The minimum absolute atomic E-state index is 0.0253. The van der Waals surface area contributed by atoms with Crippen molar-refractivity contribution in [3.05, 3.63) is 17.5 Å². The van der Waals surface area contributed by atoms with Gasteiger partial charge in [0.15, 0.2) is 0 Å². The van der Waals surface area contributed by atoms with Crippen LogP contribution in [0.2, 0.25) is 0 Å². The Morgan fingerprint density at radius 1 is 1.60 bits per heavy atom. The van der Waals surface area contributed by atoms with Crippen molar-refractivity contribution in [1.29, 1.82) is 0 Å². The summed E-state index contributed by atoms with van der Waals surface area (Å²) in [6.07, 6.45) is -4.27. The molecule has 0 saturated heterocycles. The first-order chi connectivity index (χ1) is 6.89. The van der Waals surface area contributed by atoms with Crippen LogP contribution in [0.15, 0.2) is 6.07 Å². The molecule has 0 amide bonds. The predicted octanol–water partition coefficient (Wildman–Crippen LogP) is 1.53. The molecule has 0 unspecified atom stereocenters. The van der Waals surface area contributed by atoms with E-state index in [1.807, 2.05) is 5.10 Å². The van der Waals surface area contributed by atoms with Gasteiger partial charge in [0, 0.05) is 13.3 Å². The van der Waals surface area contributed by atoms with Crippen molar-refractivity contribution >= 4 is 5.97 Å². The van der Waals surface area contributed by atoms with Gasteiger partial charge in [0.1, 0.15) is 5.69 Å². The van der Waals surface area contributed by atoms with Gasteiger partial charge in [0.25, 0.3) is 0 Å². The van der Waals surface area contributed by atoms with E-state index in [9.17, 15) is 18.0 Å². The molecule has 0 aromatic carbocycles. The highest BCUT2D eigenvalue weighted by Gasteiger charge is 2.32. The van der Waals surface area contributed by atoms with Crippen molar-refractivity contribution in [1.82, 2.24) is 10.2 Å². The smallest absolute Gasteiger partial charge is 0.432 e. The highest BCUT2D eigenvalue weighted by Crippen LogP contribution is 2.27. The Morgan fingerprint density at radius 2 is 2.27 bits per heavy atom. The molecule has 0 bridgehead atoms. The fraction of sp³-hybridized carbons (Fsp3) is 0.500. The molecule has 1 aromatic rings. The summed E-state index contributed by atoms with van der Waals surface area (Å²) in [5.41, 5.74) is -0.691. The van der Waals surface area contributed by atoms with E-state index >= 15 is 0 Å². The number of carbonyl (C=O) groups is 1. The lowest BCUT2D eigenvalue weighted by Crippen LogP contribution is -2.05. The van der Waals surface area contributed by atoms with Crippen LogP contribution in [0.5, 0.6) is 0 Å². The summed E-state index contributed by atoms with van der Waals surface area (Å²) in [5.74, 6) is -0.471. The molecule has 15 heavy (non-hydrogen) atoms. The molecule has 0 saturated carbocycles. The van der Waals surface area contributed by atoms with Crippen LogP contribution in [0.1, 0.15) is 18.3 Å². The van der Waals surface area contributed by atoms with Crippen molar-refractivity contribution in [2.24, 2.45) is 0 Å². The van der Waals surface area contributed by atoms with Crippen LogP contribution in [0, 0.1) is 0 Å². The van der Waals surface area contributed by atoms with Gasteiger partial charge >= 0.3 is 12.1 Å². The number of aromatic amines is 1. The molecule has 0 atom stereocenters. The van der Waals surface area contributed by atoms with Crippen LogP contribution in [0.25, 0.3) is 0 Å². The zero-order chi connectivity index (χ0) is 11.5. The van der Waals surface area contributed by atoms with Crippen molar-refractivity contribution in [3.8, 4) is 0 Å². The van der Waals surface area contributed by atoms with Gasteiger partial charge in [-0.2, -0.15) is 18.3 Å². The zero-order valence-corrected chi connectivity index (χ0v) is 7.89. The number of aromatic nitrogens is 2. The molecular weight excluding hydrogens is 213 g/mol. The molecular formula is C8H9F3N2O2. The monoisotopic (exact) mass is 222 g/mol. The van der Waals surface area contributed by atoms with Crippen molar-refractivity contribution in [2.75, 3.05) is 6.61 Å². The molecule has 0 radical (unpaired) electrons. The molecule has 4 nitrogen and oxygen atoms in total. The predicted molar refractivity (Wildman–Crippen MR) is 43.9 cm³/mol. The third-order valence-electron chi connectivity index (χ3n) is 1.60. The quantitative estimate of drug-likeness (QED) is 0.789. The number of hydrogen-bond acceptors (Lipinski definition) is 3. The van der Waals surface area contributed by atoms with Gasteiger partial charge in [-0.15, -0.1) is 0 Å². The Kier molecular flexibility index (Phi) is 3.33. The molecule has 0 aliphatic rings. The average Bonchev–Trinajstić information content (AvgIpc) is 2.51. The Morgan fingerprint density at radius 3 is 2.73 bits per heavy atom. The van der Waals surface area contributed by atoms with Gasteiger partial charge in [0.2, 0.25) is 0 Å².